The average Bonchev–Trinajstić information content (AvgIpc) is 3.29. The summed E-state index contributed by atoms with van der Waals surface area (Å²) in [4.78, 5) is 0. The molecule has 1 aromatic rings. The van der Waals surface area contributed by atoms with E-state index in [2.05, 4.69) is 24.4 Å². The van der Waals surface area contributed by atoms with Crippen LogP contribution in [0.5, 0.6) is 11.5 Å². The largest absolute Gasteiger partial charge is 0.493 e. The number of hydrogen-bond acceptors (Lipinski definition) is 3. The van der Waals surface area contributed by atoms with Gasteiger partial charge in [0.15, 0.2) is 11.5 Å². The quantitative estimate of drug-likeness (QED) is 0.750. The molecule has 1 saturated carbocycles. The van der Waals surface area contributed by atoms with Crippen LogP contribution in [-0.4, -0.2) is 26.8 Å². The molecule has 0 aliphatic heterocycles. The lowest BCUT2D eigenvalue weighted by molar-refractivity contribution is 0.354. The van der Waals surface area contributed by atoms with Crippen LogP contribution >= 0.6 is 0 Å². The number of aryl methyl sites for hydroxylation is 1. The highest BCUT2D eigenvalue weighted by molar-refractivity contribution is 5.42. The Hall–Kier alpha value is -1.22. The van der Waals surface area contributed by atoms with Gasteiger partial charge in [0.1, 0.15) is 0 Å². The van der Waals surface area contributed by atoms with Crippen molar-refractivity contribution >= 4 is 0 Å². The Morgan fingerprint density at radius 1 is 1.15 bits per heavy atom. The number of rotatable bonds is 9. The number of hydrogen-bond donors (Lipinski definition) is 1. The smallest absolute Gasteiger partial charge is 0.160 e. The summed E-state index contributed by atoms with van der Waals surface area (Å²) in [5.74, 6) is 2.39. The minimum absolute atomic E-state index is 0.759. The summed E-state index contributed by atoms with van der Waals surface area (Å²) in [5.41, 5.74) is 1.32. The van der Waals surface area contributed by atoms with Gasteiger partial charge in [0, 0.05) is 6.04 Å². The predicted molar refractivity (Wildman–Crippen MR) is 82.7 cm³/mol. The van der Waals surface area contributed by atoms with Gasteiger partial charge in [-0.2, -0.15) is 0 Å². The van der Waals surface area contributed by atoms with Crippen molar-refractivity contribution in [2.45, 2.75) is 45.1 Å². The first-order valence-corrected chi connectivity index (χ1v) is 7.67. The maximum absolute atomic E-state index is 5.35. The molecule has 1 fully saturated rings. The van der Waals surface area contributed by atoms with Gasteiger partial charge in [0.25, 0.3) is 0 Å². The van der Waals surface area contributed by atoms with E-state index in [0.717, 1.165) is 36.4 Å². The van der Waals surface area contributed by atoms with Crippen molar-refractivity contribution in [2.24, 2.45) is 5.92 Å². The minimum Gasteiger partial charge on any atom is -0.493 e. The molecule has 1 aromatic carbocycles. The van der Waals surface area contributed by atoms with Crippen LogP contribution in [0.25, 0.3) is 0 Å². The molecule has 0 saturated heterocycles. The van der Waals surface area contributed by atoms with Gasteiger partial charge in [0.2, 0.25) is 0 Å². The van der Waals surface area contributed by atoms with Crippen molar-refractivity contribution in [3.63, 3.8) is 0 Å². The number of nitrogens with one attached hydrogen (secondary N) is 1. The number of benzene rings is 1. The second-order valence-corrected chi connectivity index (χ2v) is 5.85. The summed E-state index contributed by atoms with van der Waals surface area (Å²) >= 11 is 0. The lowest BCUT2D eigenvalue weighted by Crippen LogP contribution is -2.19. The molecule has 0 radical (unpaired) electrons. The molecule has 1 atom stereocenters. The third-order valence-electron chi connectivity index (χ3n) is 4.02. The van der Waals surface area contributed by atoms with E-state index in [1.165, 1.54) is 31.2 Å². The first kappa shape index (κ1) is 15.2. The van der Waals surface area contributed by atoms with Crippen molar-refractivity contribution < 1.29 is 9.47 Å². The van der Waals surface area contributed by atoms with Gasteiger partial charge in [-0.1, -0.05) is 13.0 Å². The van der Waals surface area contributed by atoms with Crippen LogP contribution in [0.2, 0.25) is 0 Å². The summed E-state index contributed by atoms with van der Waals surface area (Å²) < 4.78 is 10.6. The summed E-state index contributed by atoms with van der Waals surface area (Å²) in [7, 11) is 3.36. The van der Waals surface area contributed by atoms with Crippen molar-refractivity contribution in [1.29, 1.82) is 0 Å². The molecule has 20 heavy (non-hydrogen) atoms. The van der Waals surface area contributed by atoms with E-state index >= 15 is 0 Å². The minimum atomic E-state index is 0.759. The molecule has 3 heteroatoms. The highest BCUT2D eigenvalue weighted by atomic mass is 16.5. The molecule has 1 aliphatic rings. The molecule has 1 unspecified atom stereocenters. The standard InChI is InChI=1S/C17H27NO2/c1-13(10-11-18-15-7-8-15)4-5-14-6-9-16(19-2)17(12-14)20-3/h6,9,12-13,15,18H,4-5,7-8,10-11H2,1-3H3. The third kappa shape index (κ3) is 4.71. The molecule has 0 spiro atoms. The average molecular weight is 277 g/mol. The van der Waals surface area contributed by atoms with Gasteiger partial charge in [-0.15, -0.1) is 0 Å². The van der Waals surface area contributed by atoms with Gasteiger partial charge >= 0.3 is 0 Å². The fourth-order valence-corrected chi connectivity index (χ4v) is 2.41. The molecule has 1 aliphatic carbocycles. The van der Waals surface area contributed by atoms with E-state index in [1.54, 1.807) is 14.2 Å². The van der Waals surface area contributed by atoms with E-state index in [-0.39, 0.29) is 0 Å². The van der Waals surface area contributed by atoms with Crippen molar-refractivity contribution in [3.05, 3.63) is 23.8 Å². The SMILES string of the molecule is COc1ccc(CCC(C)CCNC2CC2)cc1OC. The van der Waals surface area contributed by atoms with Crippen LogP contribution in [0.1, 0.15) is 38.2 Å². The van der Waals surface area contributed by atoms with Crippen LogP contribution in [0, 0.1) is 5.92 Å². The molecule has 2 rings (SSSR count). The Kier molecular flexibility index (Phi) is 5.72. The zero-order valence-corrected chi connectivity index (χ0v) is 12.9. The van der Waals surface area contributed by atoms with Crippen LogP contribution in [0.15, 0.2) is 18.2 Å². The monoisotopic (exact) mass is 277 g/mol. The Morgan fingerprint density at radius 2 is 1.90 bits per heavy atom. The second kappa shape index (κ2) is 7.53. The predicted octanol–water partition coefficient (Wildman–Crippen LogP) is 3.41. The van der Waals surface area contributed by atoms with Crippen molar-refractivity contribution in [1.82, 2.24) is 5.32 Å². The van der Waals surface area contributed by atoms with E-state index in [9.17, 15) is 0 Å². The number of ether oxygens (including phenoxy) is 2. The molecular weight excluding hydrogens is 250 g/mol. The Morgan fingerprint density at radius 3 is 2.55 bits per heavy atom. The topological polar surface area (TPSA) is 30.5 Å². The van der Waals surface area contributed by atoms with E-state index in [1.807, 2.05) is 6.07 Å². The van der Waals surface area contributed by atoms with Crippen LogP contribution in [0.3, 0.4) is 0 Å². The van der Waals surface area contributed by atoms with Gasteiger partial charge in [-0.25, -0.2) is 0 Å². The molecule has 0 bridgehead atoms. The van der Waals surface area contributed by atoms with Crippen molar-refractivity contribution in [3.8, 4) is 11.5 Å². The molecular formula is C17H27NO2. The Balaban J connectivity index is 1.74. The summed E-state index contributed by atoms with van der Waals surface area (Å²) in [5, 5.41) is 3.58. The molecule has 0 amide bonds. The van der Waals surface area contributed by atoms with E-state index in [4.69, 9.17) is 9.47 Å². The zero-order chi connectivity index (χ0) is 14.4. The maximum atomic E-state index is 5.35. The molecule has 1 N–H and O–H groups in total. The first-order valence-electron chi connectivity index (χ1n) is 7.67. The Labute approximate surface area is 122 Å². The first-order chi connectivity index (χ1) is 9.72. The van der Waals surface area contributed by atoms with Gasteiger partial charge < -0.3 is 14.8 Å². The highest BCUT2D eigenvalue weighted by Crippen LogP contribution is 2.28. The molecule has 112 valence electrons. The van der Waals surface area contributed by atoms with Crippen LogP contribution in [0.4, 0.5) is 0 Å². The maximum Gasteiger partial charge on any atom is 0.160 e. The van der Waals surface area contributed by atoms with Gasteiger partial charge in [-0.3, -0.25) is 0 Å². The van der Waals surface area contributed by atoms with Crippen molar-refractivity contribution in [2.75, 3.05) is 20.8 Å². The molecule has 3 nitrogen and oxygen atoms in total. The lowest BCUT2D eigenvalue weighted by Gasteiger charge is -2.13. The van der Waals surface area contributed by atoms with Crippen LogP contribution in [-0.2, 0) is 6.42 Å². The number of methoxy groups -OCH3 is 2. The second-order valence-electron chi connectivity index (χ2n) is 5.85. The third-order valence-corrected chi connectivity index (χ3v) is 4.02. The summed E-state index contributed by atoms with van der Waals surface area (Å²) in [6.45, 7) is 3.51. The van der Waals surface area contributed by atoms with Gasteiger partial charge in [-0.05, 0) is 62.3 Å². The van der Waals surface area contributed by atoms with E-state index in [0.29, 0.717) is 0 Å². The molecule has 0 heterocycles. The fraction of sp³-hybridized carbons (Fsp3) is 0.647. The summed E-state index contributed by atoms with van der Waals surface area (Å²) in [6, 6.07) is 7.05. The van der Waals surface area contributed by atoms with Gasteiger partial charge in [0.05, 0.1) is 14.2 Å². The zero-order valence-electron chi connectivity index (χ0n) is 12.9. The van der Waals surface area contributed by atoms with Crippen LogP contribution < -0.4 is 14.8 Å². The normalized spacial score (nSPS) is 15.9. The lowest BCUT2D eigenvalue weighted by atomic mass is 9.98. The summed E-state index contributed by atoms with van der Waals surface area (Å²) in [6.07, 6.45) is 6.34. The Bertz CT molecular complexity index is 415. The fourth-order valence-electron chi connectivity index (χ4n) is 2.41. The highest BCUT2D eigenvalue weighted by Gasteiger charge is 2.19. The molecule has 0 aromatic heterocycles. The van der Waals surface area contributed by atoms with E-state index < -0.39 is 0 Å².